The molecule has 5 nitrogen and oxygen atoms in total. The van der Waals surface area contributed by atoms with E-state index in [9.17, 15) is 9.90 Å². The van der Waals surface area contributed by atoms with Crippen molar-refractivity contribution in [2.45, 2.75) is 20.0 Å². The van der Waals surface area contributed by atoms with Crippen LogP contribution in [0.5, 0.6) is 5.75 Å². The molecule has 1 atom stereocenters. The summed E-state index contributed by atoms with van der Waals surface area (Å²) in [6.45, 7) is 4.46. The molecule has 0 aliphatic heterocycles. The van der Waals surface area contributed by atoms with E-state index in [0.717, 1.165) is 11.1 Å². The second kappa shape index (κ2) is 8.19. The Morgan fingerprint density at radius 3 is 2.61 bits per heavy atom. The van der Waals surface area contributed by atoms with Crippen molar-refractivity contribution in [1.82, 2.24) is 5.32 Å². The van der Waals surface area contributed by atoms with E-state index in [0.29, 0.717) is 18.0 Å². The Labute approximate surface area is 136 Å². The summed E-state index contributed by atoms with van der Waals surface area (Å²) in [6, 6.07) is 14.4. The van der Waals surface area contributed by atoms with E-state index in [1.807, 2.05) is 50.2 Å². The second-order valence-electron chi connectivity index (χ2n) is 5.14. The topological polar surface area (TPSA) is 70.6 Å². The molecule has 2 aromatic rings. The van der Waals surface area contributed by atoms with Gasteiger partial charge in [0.25, 0.3) is 0 Å². The predicted molar refractivity (Wildman–Crippen MR) is 90.8 cm³/mol. The fraction of sp³-hybridized carbons (Fsp3) is 0.278. The Morgan fingerprint density at radius 1 is 1.17 bits per heavy atom. The van der Waals surface area contributed by atoms with Gasteiger partial charge in [-0.05, 0) is 37.1 Å². The van der Waals surface area contributed by atoms with Gasteiger partial charge in [-0.15, -0.1) is 0 Å². The molecular weight excluding hydrogens is 292 g/mol. The maximum absolute atomic E-state index is 12.0. The van der Waals surface area contributed by atoms with Crippen molar-refractivity contribution in [3.8, 4) is 5.75 Å². The summed E-state index contributed by atoms with van der Waals surface area (Å²) in [5, 5.41) is 15.6. The number of carbonyl (C=O) groups excluding carboxylic acids is 1. The van der Waals surface area contributed by atoms with Crippen LogP contribution in [0, 0.1) is 6.92 Å². The van der Waals surface area contributed by atoms with E-state index in [2.05, 4.69) is 10.6 Å². The maximum atomic E-state index is 12.0. The van der Waals surface area contributed by atoms with Gasteiger partial charge in [-0.1, -0.05) is 36.4 Å². The highest BCUT2D eigenvalue weighted by Gasteiger charge is 2.12. The Balaban J connectivity index is 1.92. The van der Waals surface area contributed by atoms with E-state index in [1.165, 1.54) is 0 Å². The number of aryl methyl sites for hydroxylation is 1. The van der Waals surface area contributed by atoms with Crippen LogP contribution < -0.4 is 15.4 Å². The zero-order valence-electron chi connectivity index (χ0n) is 13.4. The molecule has 0 aromatic heterocycles. The first-order chi connectivity index (χ1) is 11.1. The highest BCUT2D eigenvalue weighted by atomic mass is 16.5. The Bertz CT molecular complexity index is 658. The quantitative estimate of drug-likeness (QED) is 0.766. The van der Waals surface area contributed by atoms with Gasteiger partial charge in [0.05, 0.1) is 18.4 Å². The van der Waals surface area contributed by atoms with Crippen molar-refractivity contribution in [2.75, 3.05) is 18.5 Å². The van der Waals surface area contributed by atoms with Gasteiger partial charge in [-0.25, -0.2) is 4.79 Å². The monoisotopic (exact) mass is 314 g/mol. The van der Waals surface area contributed by atoms with Gasteiger partial charge in [0.2, 0.25) is 0 Å². The third-order valence-electron chi connectivity index (χ3n) is 3.44. The summed E-state index contributed by atoms with van der Waals surface area (Å²) in [7, 11) is 0. The van der Waals surface area contributed by atoms with E-state index in [-0.39, 0.29) is 12.6 Å². The summed E-state index contributed by atoms with van der Waals surface area (Å²) < 4.78 is 5.46. The maximum Gasteiger partial charge on any atom is 0.319 e. The summed E-state index contributed by atoms with van der Waals surface area (Å²) in [6.07, 6.45) is -0.746. The molecule has 0 spiro atoms. The molecule has 2 rings (SSSR count). The molecule has 2 aromatic carbocycles. The largest absolute Gasteiger partial charge is 0.492 e. The average molecular weight is 314 g/mol. The van der Waals surface area contributed by atoms with Crippen LogP contribution in [0.15, 0.2) is 48.5 Å². The SMILES string of the molecule is CCOc1ccccc1NC(=O)NCC(O)c1ccccc1C. The summed E-state index contributed by atoms with van der Waals surface area (Å²) in [4.78, 5) is 12.0. The third-order valence-corrected chi connectivity index (χ3v) is 3.44. The number of rotatable bonds is 6. The average Bonchev–Trinajstić information content (AvgIpc) is 2.55. The van der Waals surface area contributed by atoms with Gasteiger partial charge in [-0.2, -0.15) is 0 Å². The van der Waals surface area contributed by atoms with Gasteiger partial charge >= 0.3 is 6.03 Å². The standard InChI is InChI=1S/C18H22N2O3/c1-3-23-17-11-7-6-10-15(17)20-18(22)19-12-16(21)14-9-5-4-8-13(14)2/h4-11,16,21H,3,12H2,1-2H3,(H2,19,20,22). The molecule has 0 fully saturated rings. The number of nitrogens with one attached hydrogen (secondary N) is 2. The second-order valence-corrected chi connectivity index (χ2v) is 5.14. The lowest BCUT2D eigenvalue weighted by molar-refractivity contribution is 0.174. The molecule has 0 aliphatic rings. The molecule has 1 unspecified atom stereocenters. The van der Waals surface area contributed by atoms with Gasteiger partial charge < -0.3 is 20.5 Å². The van der Waals surface area contributed by atoms with E-state index in [1.54, 1.807) is 12.1 Å². The van der Waals surface area contributed by atoms with E-state index in [4.69, 9.17) is 4.74 Å². The molecule has 0 radical (unpaired) electrons. The number of benzene rings is 2. The Hall–Kier alpha value is -2.53. The minimum atomic E-state index is -0.746. The van der Waals surface area contributed by atoms with Crippen LogP contribution in [-0.2, 0) is 0 Å². The lowest BCUT2D eigenvalue weighted by Crippen LogP contribution is -2.32. The number of para-hydroxylation sites is 2. The van der Waals surface area contributed by atoms with Crippen molar-refractivity contribution in [3.63, 3.8) is 0 Å². The highest BCUT2D eigenvalue weighted by Crippen LogP contribution is 2.23. The molecular formula is C18H22N2O3. The van der Waals surface area contributed by atoms with Gasteiger partial charge in [0, 0.05) is 6.54 Å². The number of ether oxygens (including phenoxy) is 1. The van der Waals surface area contributed by atoms with Gasteiger partial charge in [-0.3, -0.25) is 0 Å². The molecule has 2 amide bonds. The number of hydrogen-bond donors (Lipinski definition) is 3. The van der Waals surface area contributed by atoms with Crippen LogP contribution in [0.3, 0.4) is 0 Å². The normalized spacial score (nSPS) is 11.6. The number of aliphatic hydroxyl groups excluding tert-OH is 1. The Morgan fingerprint density at radius 2 is 1.87 bits per heavy atom. The van der Waals surface area contributed by atoms with Crippen molar-refractivity contribution >= 4 is 11.7 Å². The molecule has 122 valence electrons. The van der Waals surface area contributed by atoms with Gasteiger partial charge in [0.1, 0.15) is 5.75 Å². The number of hydrogen-bond acceptors (Lipinski definition) is 3. The molecule has 3 N–H and O–H groups in total. The third kappa shape index (κ3) is 4.72. The van der Waals surface area contributed by atoms with Crippen LogP contribution >= 0.6 is 0 Å². The smallest absolute Gasteiger partial charge is 0.319 e. The number of amides is 2. The van der Waals surface area contributed by atoms with Crippen molar-refractivity contribution in [1.29, 1.82) is 0 Å². The molecule has 5 heteroatoms. The number of urea groups is 1. The van der Waals surface area contributed by atoms with Crippen LogP contribution in [0.4, 0.5) is 10.5 Å². The zero-order chi connectivity index (χ0) is 16.7. The molecule has 0 saturated heterocycles. The summed E-state index contributed by atoms with van der Waals surface area (Å²) >= 11 is 0. The molecule has 0 heterocycles. The predicted octanol–water partition coefficient (Wildman–Crippen LogP) is 3.25. The van der Waals surface area contributed by atoms with E-state index < -0.39 is 6.10 Å². The highest BCUT2D eigenvalue weighted by molar-refractivity contribution is 5.90. The fourth-order valence-electron chi connectivity index (χ4n) is 2.28. The van der Waals surface area contributed by atoms with Gasteiger partial charge in [0.15, 0.2) is 0 Å². The molecule has 0 saturated carbocycles. The number of aliphatic hydroxyl groups is 1. The van der Waals surface area contributed by atoms with E-state index >= 15 is 0 Å². The lowest BCUT2D eigenvalue weighted by Gasteiger charge is -2.16. The minimum absolute atomic E-state index is 0.132. The molecule has 23 heavy (non-hydrogen) atoms. The fourth-order valence-corrected chi connectivity index (χ4v) is 2.28. The van der Waals surface area contributed by atoms with Crippen LogP contribution in [0.25, 0.3) is 0 Å². The summed E-state index contributed by atoms with van der Waals surface area (Å²) in [5.41, 5.74) is 2.39. The first-order valence-electron chi connectivity index (χ1n) is 7.62. The number of anilines is 1. The number of carbonyl (C=O) groups is 1. The first-order valence-corrected chi connectivity index (χ1v) is 7.62. The van der Waals surface area contributed by atoms with Crippen LogP contribution in [0.1, 0.15) is 24.2 Å². The lowest BCUT2D eigenvalue weighted by atomic mass is 10.0. The van der Waals surface area contributed by atoms with Crippen molar-refractivity contribution in [2.24, 2.45) is 0 Å². The summed E-state index contributed by atoms with van der Waals surface area (Å²) in [5.74, 6) is 0.615. The zero-order valence-corrected chi connectivity index (χ0v) is 13.4. The minimum Gasteiger partial charge on any atom is -0.492 e. The van der Waals surface area contributed by atoms with Crippen molar-refractivity contribution in [3.05, 3.63) is 59.7 Å². The first kappa shape index (κ1) is 16.8. The van der Waals surface area contributed by atoms with Crippen molar-refractivity contribution < 1.29 is 14.6 Å². The van der Waals surface area contributed by atoms with Crippen LogP contribution in [-0.4, -0.2) is 24.3 Å². The molecule has 0 aliphatic carbocycles. The van der Waals surface area contributed by atoms with Crippen LogP contribution in [0.2, 0.25) is 0 Å². The Kier molecular flexibility index (Phi) is 6.00. The molecule has 0 bridgehead atoms.